The Kier molecular flexibility index (Phi) is 4.39. The molecule has 1 N–H and O–H groups in total. The van der Waals surface area contributed by atoms with Crippen molar-refractivity contribution in [3.8, 4) is 0 Å². The average Bonchev–Trinajstić information content (AvgIpc) is 2.96. The van der Waals surface area contributed by atoms with Crippen molar-refractivity contribution in [3.05, 3.63) is 0 Å². The standard InChI is InChI=1S/C11H21NO2/c1-3-7-14-8-10(13)12-9-11(4-2)5-6-11/h3-9H2,1-2H3,(H,12,13). The van der Waals surface area contributed by atoms with Gasteiger partial charge in [-0.2, -0.15) is 0 Å². The number of hydrogen-bond donors (Lipinski definition) is 1. The van der Waals surface area contributed by atoms with Crippen molar-refractivity contribution in [2.75, 3.05) is 19.8 Å². The van der Waals surface area contributed by atoms with Crippen LogP contribution in [0.4, 0.5) is 0 Å². The number of carbonyl (C=O) groups excluding carboxylic acids is 1. The third kappa shape index (κ3) is 3.66. The Hall–Kier alpha value is -0.570. The Balaban J connectivity index is 2.03. The summed E-state index contributed by atoms with van der Waals surface area (Å²) in [4.78, 5) is 11.3. The maximum absolute atomic E-state index is 11.3. The van der Waals surface area contributed by atoms with Gasteiger partial charge in [-0.25, -0.2) is 0 Å². The second-order valence-corrected chi connectivity index (χ2v) is 4.18. The van der Waals surface area contributed by atoms with E-state index in [2.05, 4.69) is 12.2 Å². The molecular formula is C11H21NO2. The van der Waals surface area contributed by atoms with Crippen LogP contribution in [-0.2, 0) is 9.53 Å². The molecule has 1 saturated carbocycles. The van der Waals surface area contributed by atoms with E-state index in [4.69, 9.17) is 4.74 Å². The minimum Gasteiger partial charge on any atom is -0.372 e. The number of nitrogens with one attached hydrogen (secondary N) is 1. The van der Waals surface area contributed by atoms with Gasteiger partial charge in [0.2, 0.25) is 5.91 Å². The van der Waals surface area contributed by atoms with E-state index in [0.29, 0.717) is 12.0 Å². The lowest BCUT2D eigenvalue weighted by atomic mass is 10.0. The van der Waals surface area contributed by atoms with Gasteiger partial charge in [-0.3, -0.25) is 4.79 Å². The van der Waals surface area contributed by atoms with Crippen molar-refractivity contribution in [2.24, 2.45) is 5.41 Å². The number of hydrogen-bond acceptors (Lipinski definition) is 2. The highest BCUT2D eigenvalue weighted by molar-refractivity contribution is 5.77. The van der Waals surface area contributed by atoms with E-state index in [-0.39, 0.29) is 12.5 Å². The largest absolute Gasteiger partial charge is 0.372 e. The van der Waals surface area contributed by atoms with E-state index in [0.717, 1.165) is 13.0 Å². The van der Waals surface area contributed by atoms with Gasteiger partial charge >= 0.3 is 0 Å². The molecule has 0 aromatic heterocycles. The quantitative estimate of drug-likeness (QED) is 0.634. The lowest BCUT2D eigenvalue weighted by Gasteiger charge is -2.13. The maximum atomic E-state index is 11.3. The molecule has 0 heterocycles. The molecule has 14 heavy (non-hydrogen) atoms. The smallest absolute Gasteiger partial charge is 0.246 e. The predicted octanol–water partition coefficient (Wildman–Crippen LogP) is 1.72. The van der Waals surface area contributed by atoms with E-state index in [1.165, 1.54) is 19.3 Å². The summed E-state index contributed by atoms with van der Waals surface area (Å²) in [6.45, 7) is 5.94. The SMILES string of the molecule is CCCOCC(=O)NCC1(CC)CC1. The van der Waals surface area contributed by atoms with E-state index in [1.54, 1.807) is 0 Å². The van der Waals surface area contributed by atoms with E-state index < -0.39 is 0 Å². The highest BCUT2D eigenvalue weighted by Crippen LogP contribution is 2.47. The Bertz CT molecular complexity index is 188. The van der Waals surface area contributed by atoms with Crippen LogP contribution in [0.25, 0.3) is 0 Å². The molecule has 0 aromatic carbocycles. The van der Waals surface area contributed by atoms with Crippen molar-refractivity contribution in [3.63, 3.8) is 0 Å². The second-order valence-electron chi connectivity index (χ2n) is 4.18. The zero-order valence-electron chi connectivity index (χ0n) is 9.27. The highest BCUT2D eigenvalue weighted by Gasteiger charge is 2.40. The summed E-state index contributed by atoms with van der Waals surface area (Å²) < 4.78 is 5.15. The van der Waals surface area contributed by atoms with Crippen LogP contribution in [0.2, 0.25) is 0 Å². The summed E-state index contributed by atoms with van der Waals surface area (Å²) in [5.41, 5.74) is 0.431. The van der Waals surface area contributed by atoms with Crippen LogP contribution >= 0.6 is 0 Å². The molecule has 1 rings (SSSR count). The molecule has 0 aliphatic heterocycles. The van der Waals surface area contributed by atoms with Gasteiger partial charge in [0.25, 0.3) is 0 Å². The van der Waals surface area contributed by atoms with Crippen molar-refractivity contribution < 1.29 is 9.53 Å². The van der Waals surface area contributed by atoms with Crippen LogP contribution in [0.15, 0.2) is 0 Å². The molecule has 0 spiro atoms. The molecule has 0 radical (unpaired) electrons. The van der Waals surface area contributed by atoms with Gasteiger partial charge in [-0.15, -0.1) is 0 Å². The first-order chi connectivity index (χ1) is 6.72. The average molecular weight is 199 g/mol. The Morgan fingerprint density at radius 2 is 2.14 bits per heavy atom. The van der Waals surface area contributed by atoms with E-state index >= 15 is 0 Å². The number of rotatable bonds is 7. The van der Waals surface area contributed by atoms with Crippen LogP contribution in [0.5, 0.6) is 0 Å². The van der Waals surface area contributed by atoms with Gasteiger partial charge in [0.05, 0.1) is 0 Å². The molecule has 0 saturated heterocycles. The summed E-state index contributed by atoms with van der Waals surface area (Å²) in [6, 6.07) is 0. The van der Waals surface area contributed by atoms with Crippen LogP contribution in [0.1, 0.15) is 39.5 Å². The molecule has 0 bridgehead atoms. The van der Waals surface area contributed by atoms with Gasteiger partial charge in [-0.1, -0.05) is 13.8 Å². The minimum atomic E-state index is 0.0261. The predicted molar refractivity (Wildman–Crippen MR) is 56.1 cm³/mol. The zero-order chi connectivity index (χ0) is 10.4. The first-order valence-electron chi connectivity index (χ1n) is 5.57. The van der Waals surface area contributed by atoms with Crippen LogP contribution in [-0.4, -0.2) is 25.7 Å². The summed E-state index contributed by atoms with van der Waals surface area (Å²) in [7, 11) is 0. The van der Waals surface area contributed by atoms with Crippen molar-refractivity contribution in [1.82, 2.24) is 5.32 Å². The molecule has 3 nitrogen and oxygen atoms in total. The fourth-order valence-corrected chi connectivity index (χ4v) is 1.48. The molecule has 0 aromatic rings. The monoisotopic (exact) mass is 199 g/mol. The molecule has 3 heteroatoms. The summed E-state index contributed by atoms with van der Waals surface area (Å²) in [5.74, 6) is 0.0261. The van der Waals surface area contributed by atoms with Gasteiger partial charge in [0.15, 0.2) is 0 Å². The molecule has 82 valence electrons. The molecule has 1 aliphatic carbocycles. The van der Waals surface area contributed by atoms with Crippen LogP contribution in [0, 0.1) is 5.41 Å². The molecule has 1 fully saturated rings. The topological polar surface area (TPSA) is 38.3 Å². The zero-order valence-corrected chi connectivity index (χ0v) is 9.27. The summed E-state index contributed by atoms with van der Waals surface area (Å²) >= 11 is 0. The first kappa shape index (κ1) is 11.5. The highest BCUT2D eigenvalue weighted by atomic mass is 16.5. The molecule has 0 unspecified atom stereocenters. The molecule has 1 aliphatic rings. The lowest BCUT2D eigenvalue weighted by Crippen LogP contribution is -2.32. The number of carbonyl (C=O) groups is 1. The third-order valence-corrected chi connectivity index (χ3v) is 2.95. The van der Waals surface area contributed by atoms with Crippen LogP contribution in [0.3, 0.4) is 0 Å². The molecule has 0 atom stereocenters. The lowest BCUT2D eigenvalue weighted by molar-refractivity contribution is -0.125. The Labute approximate surface area is 86.2 Å². The van der Waals surface area contributed by atoms with Gasteiger partial charge in [0.1, 0.15) is 6.61 Å². The van der Waals surface area contributed by atoms with E-state index in [1.807, 2.05) is 6.92 Å². The van der Waals surface area contributed by atoms with Crippen molar-refractivity contribution in [2.45, 2.75) is 39.5 Å². The second kappa shape index (κ2) is 5.35. The van der Waals surface area contributed by atoms with Gasteiger partial charge in [-0.05, 0) is 31.1 Å². The Morgan fingerprint density at radius 3 is 2.64 bits per heavy atom. The molecule has 1 amide bonds. The van der Waals surface area contributed by atoms with E-state index in [9.17, 15) is 4.79 Å². The van der Waals surface area contributed by atoms with Gasteiger partial charge in [0, 0.05) is 13.2 Å². The summed E-state index contributed by atoms with van der Waals surface area (Å²) in [5, 5.41) is 2.93. The normalized spacial score (nSPS) is 17.9. The fraction of sp³-hybridized carbons (Fsp3) is 0.909. The number of amides is 1. The van der Waals surface area contributed by atoms with Crippen LogP contribution < -0.4 is 5.32 Å². The van der Waals surface area contributed by atoms with Crippen molar-refractivity contribution >= 4 is 5.91 Å². The number of ether oxygens (including phenoxy) is 1. The third-order valence-electron chi connectivity index (χ3n) is 2.95. The van der Waals surface area contributed by atoms with Gasteiger partial charge < -0.3 is 10.1 Å². The minimum absolute atomic E-state index is 0.0261. The first-order valence-corrected chi connectivity index (χ1v) is 5.57. The van der Waals surface area contributed by atoms with Crippen molar-refractivity contribution in [1.29, 1.82) is 0 Å². The fourth-order valence-electron chi connectivity index (χ4n) is 1.48. The summed E-state index contributed by atoms with van der Waals surface area (Å²) in [6.07, 6.45) is 4.66. The maximum Gasteiger partial charge on any atom is 0.246 e. The Morgan fingerprint density at radius 1 is 1.43 bits per heavy atom. The molecular weight excluding hydrogens is 178 g/mol.